The number of rotatable bonds is 4. The van der Waals surface area contributed by atoms with Gasteiger partial charge in [0.1, 0.15) is 16.2 Å². The molecule has 0 N–H and O–H groups in total. The summed E-state index contributed by atoms with van der Waals surface area (Å²) in [6.45, 7) is 4.12. The third kappa shape index (κ3) is 3.68. The predicted octanol–water partition coefficient (Wildman–Crippen LogP) is 6.42. The van der Waals surface area contributed by atoms with E-state index in [-0.39, 0.29) is 0 Å². The number of aromatic nitrogens is 3. The zero-order valence-electron chi connectivity index (χ0n) is 14.4. The first kappa shape index (κ1) is 17.6. The summed E-state index contributed by atoms with van der Waals surface area (Å²) in [6.07, 6.45) is 0. The van der Waals surface area contributed by atoms with Crippen molar-refractivity contribution < 1.29 is 0 Å². The van der Waals surface area contributed by atoms with Gasteiger partial charge in [-0.1, -0.05) is 69.7 Å². The lowest BCUT2D eigenvalue weighted by Gasteiger charge is -2.06. The summed E-state index contributed by atoms with van der Waals surface area (Å²) in [4.78, 5) is 4.73. The Balaban J connectivity index is 1.69. The summed E-state index contributed by atoms with van der Waals surface area (Å²) in [5.74, 6) is 0.845. The molecule has 0 radical (unpaired) electrons. The fourth-order valence-corrected chi connectivity index (χ4v) is 4.78. The smallest absolute Gasteiger partial charge is 0.146 e. The molecule has 0 saturated carbocycles. The highest BCUT2D eigenvalue weighted by molar-refractivity contribution is 9.10. The predicted molar refractivity (Wildman–Crippen MR) is 114 cm³/mol. The molecule has 130 valence electrons. The van der Waals surface area contributed by atoms with Gasteiger partial charge in [0.15, 0.2) is 0 Å². The number of benzene rings is 2. The molecule has 0 spiro atoms. The van der Waals surface area contributed by atoms with Crippen molar-refractivity contribution in [2.45, 2.75) is 24.6 Å². The van der Waals surface area contributed by atoms with Gasteiger partial charge in [0.25, 0.3) is 0 Å². The van der Waals surface area contributed by atoms with E-state index in [0.717, 1.165) is 41.7 Å². The molecule has 2 heterocycles. The van der Waals surface area contributed by atoms with Crippen LogP contribution in [0.4, 0.5) is 0 Å². The largest absolute Gasteiger partial charge is 0.238 e. The molecule has 0 unspecified atom stereocenters. The molecule has 26 heavy (non-hydrogen) atoms. The quantitative estimate of drug-likeness (QED) is 0.342. The van der Waals surface area contributed by atoms with Gasteiger partial charge in [0, 0.05) is 15.8 Å². The van der Waals surface area contributed by atoms with Gasteiger partial charge in [-0.05, 0) is 31.5 Å². The molecular weight excluding hydrogens is 426 g/mol. The van der Waals surface area contributed by atoms with Crippen LogP contribution in [-0.2, 0) is 5.75 Å². The summed E-state index contributed by atoms with van der Waals surface area (Å²) in [5.41, 5.74) is 5.45. The standard InChI is InChI=1S/C20H16BrN3S2/c1-12-3-7-15(8-4-12)17-19-18(22-13(2)26-19)20(24-23-17)25-11-14-5-9-16(21)10-6-14/h3-10H,11H2,1-2H3. The molecule has 2 aromatic carbocycles. The summed E-state index contributed by atoms with van der Waals surface area (Å²) in [7, 11) is 0. The van der Waals surface area contributed by atoms with Crippen molar-refractivity contribution in [3.63, 3.8) is 0 Å². The molecule has 0 aliphatic rings. The van der Waals surface area contributed by atoms with Crippen LogP contribution < -0.4 is 0 Å². The van der Waals surface area contributed by atoms with E-state index in [0.29, 0.717) is 0 Å². The molecule has 0 aliphatic heterocycles. The Morgan fingerprint density at radius 2 is 1.69 bits per heavy atom. The third-order valence-electron chi connectivity index (χ3n) is 4.01. The molecule has 0 saturated heterocycles. The molecule has 0 bridgehead atoms. The van der Waals surface area contributed by atoms with Crippen LogP contribution in [0.1, 0.15) is 16.1 Å². The van der Waals surface area contributed by atoms with Gasteiger partial charge in [-0.3, -0.25) is 0 Å². The van der Waals surface area contributed by atoms with Crippen LogP contribution in [0.2, 0.25) is 0 Å². The number of nitrogens with zero attached hydrogens (tertiary/aromatic N) is 3. The van der Waals surface area contributed by atoms with Gasteiger partial charge >= 0.3 is 0 Å². The molecular formula is C20H16BrN3S2. The van der Waals surface area contributed by atoms with Crippen LogP contribution in [0.25, 0.3) is 21.5 Å². The van der Waals surface area contributed by atoms with Crippen molar-refractivity contribution in [1.82, 2.24) is 15.2 Å². The fourth-order valence-electron chi connectivity index (χ4n) is 2.65. The second-order valence-electron chi connectivity index (χ2n) is 6.05. The average molecular weight is 442 g/mol. The minimum Gasteiger partial charge on any atom is -0.238 e. The highest BCUT2D eigenvalue weighted by atomic mass is 79.9. The maximum absolute atomic E-state index is 4.73. The summed E-state index contributed by atoms with van der Waals surface area (Å²) >= 11 is 6.84. The fraction of sp³-hybridized carbons (Fsp3) is 0.150. The van der Waals surface area contributed by atoms with Crippen LogP contribution in [0, 0.1) is 13.8 Å². The van der Waals surface area contributed by atoms with Gasteiger partial charge in [0.2, 0.25) is 0 Å². The molecule has 3 nitrogen and oxygen atoms in total. The zero-order chi connectivity index (χ0) is 18.1. The molecule has 0 aliphatic carbocycles. The van der Waals surface area contributed by atoms with Crippen molar-refractivity contribution in [3.05, 3.63) is 69.1 Å². The lowest BCUT2D eigenvalue weighted by Crippen LogP contribution is -1.93. The van der Waals surface area contributed by atoms with Crippen LogP contribution >= 0.6 is 39.0 Å². The monoisotopic (exact) mass is 441 g/mol. The molecule has 4 aromatic rings. The maximum atomic E-state index is 4.73. The Labute approximate surface area is 169 Å². The normalized spacial score (nSPS) is 11.2. The molecule has 0 atom stereocenters. The molecule has 6 heteroatoms. The highest BCUT2D eigenvalue weighted by Crippen LogP contribution is 2.36. The Morgan fingerprint density at radius 1 is 0.962 bits per heavy atom. The van der Waals surface area contributed by atoms with Gasteiger partial charge in [-0.25, -0.2) is 4.98 Å². The van der Waals surface area contributed by atoms with Crippen molar-refractivity contribution in [2.75, 3.05) is 0 Å². The summed E-state index contributed by atoms with van der Waals surface area (Å²) in [6, 6.07) is 16.8. The van der Waals surface area contributed by atoms with E-state index in [1.165, 1.54) is 11.1 Å². The Morgan fingerprint density at radius 3 is 2.42 bits per heavy atom. The minimum absolute atomic E-state index is 0.845. The van der Waals surface area contributed by atoms with Gasteiger partial charge in [-0.2, -0.15) is 0 Å². The van der Waals surface area contributed by atoms with E-state index in [9.17, 15) is 0 Å². The van der Waals surface area contributed by atoms with E-state index in [4.69, 9.17) is 4.98 Å². The Bertz CT molecular complexity index is 1060. The first-order valence-corrected chi connectivity index (χ1v) is 10.8. The second-order valence-corrected chi connectivity index (χ2v) is 9.13. The van der Waals surface area contributed by atoms with E-state index in [2.05, 4.69) is 81.6 Å². The highest BCUT2D eigenvalue weighted by Gasteiger charge is 2.16. The van der Waals surface area contributed by atoms with E-state index in [1.807, 2.05) is 6.92 Å². The van der Waals surface area contributed by atoms with Crippen molar-refractivity contribution >= 4 is 49.2 Å². The lowest BCUT2D eigenvalue weighted by atomic mass is 10.1. The third-order valence-corrected chi connectivity index (χ3v) is 6.54. The first-order valence-electron chi connectivity index (χ1n) is 8.18. The van der Waals surface area contributed by atoms with Crippen molar-refractivity contribution in [3.8, 4) is 11.3 Å². The summed E-state index contributed by atoms with van der Waals surface area (Å²) in [5, 5.41) is 11.0. The minimum atomic E-state index is 0.845. The molecule has 2 aromatic heterocycles. The maximum Gasteiger partial charge on any atom is 0.146 e. The number of fused-ring (bicyclic) bond motifs is 1. The van der Waals surface area contributed by atoms with Crippen LogP contribution in [0.5, 0.6) is 0 Å². The van der Waals surface area contributed by atoms with Crippen molar-refractivity contribution in [1.29, 1.82) is 0 Å². The Hall–Kier alpha value is -1.76. The number of thioether (sulfide) groups is 1. The van der Waals surface area contributed by atoms with E-state index < -0.39 is 0 Å². The number of hydrogen-bond donors (Lipinski definition) is 0. The van der Waals surface area contributed by atoms with Gasteiger partial charge < -0.3 is 0 Å². The van der Waals surface area contributed by atoms with Gasteiger partial charge in [-0.15, -0.1) is 21.5 Å². The van der Waals surface area contributed by atoms with Gasteiger partial charge in [0.05, 0.1) is 9.71 Å². The van der Waals surface area contributed by atoms with Crippen LogP contribution in [0.3, 0.4) is 0 Å². The number of aryl methyl sites for hydroxylation is 2. The van der Waals surface area contributed by atoms with E-state index in [1.54, 1.807) is 23.1 Å². The van der Waals surface area contributed by atoms with Crippen LogP contribution in [-0.4, -0.2) is 15.2 Å². The first-order chi connectivity index (χ1) is 12.6. The second kappa shape index (κ2) is 7.47. The Kier molecular flexibility index (Phi) is 5.07. The SMILES string of the molecule is Cc1ccc(-c2nnc(SCc3ccc(Br)cc3)c3nc(C)sc23)cc1. The number of thiazole rings is 1. The van der Waals surface area contributed by atoms with Crippen LogP contribution in [0.15, 0.2) is 58.0 Å². The zero-order valence-corrected chi connectivity index (χ0v) is 17.6. The van der Waals surface area contributed by atoms with E-state index >= 15 is 0 Å². The molecule has 0 fully saturated rings. The number of hydrogen-bond acceptors (Lipinski definition) is 5. The van der Waals surface area contributed by atoms with Crippen molar-refractivity contribution in [2.24, 2.45) is 0 Å². The molecule has 0 amide bonds. The topological polar surface area (TPSA) is 38.7 Å². The number of halogens is 1. The molecule has 4 rings (SSSR count). The summed E-state index contributed by atoms with van der Waals surface area (Å²) < 4.78 is 2.20. The lowest BCUT2D eigenvalue weighted by molar-refractivity contribution is 0.955. The average Bonchev–Trinajstić information content (AvgIpc) is 3.03.